The number of amides is 1. The zero-order chi connectivity index (χ0) is 28.1. The summed E-state index contributed by atoms with van der Waals surface area (Å²) in [5.74, 6) is -1.56. The molecule has 0 saturated heterocycles. The van der Waals surface area contributed by atoms with E-state index in [0.29, 0.717) is 33.5 Å². The van der Waals surface area contributed by atoms with Crippen molar-refractivity contribution < 1.29 is 23.4 Å². The van der Waals surface area contributed by atoms with Gasteiger partial charge >= 0.3 is 0 Å². The lowest BCUT2D eigenvalue weighted by atomic mass is 9.98. The number of aromatic amines is 1. The summed E-state index contributed by atoms with van der Waals surface area (Å²) in [6.07, 6.45) is 0.902. The number of carbonyl (C=O) groups excluding carboxylic acids is 1. The third-order valence-electron chi connectivity index (χ3n) is 6.42. The Morgan fingerprint density at radius 2 is 1.87 bits per heavy atom. The second-order valence-corrected chi connectivity index (χ2v) is 11.0. The summed E-state index contributed by atoms with van der Waals surface area (Å²) >= 11 is 1.01. The minimum absolute atomic E-state index is 0.0590. The van der Waals surface area contributed by atoms with E-state index < -0.39 is 17.5 Å². The number of fused-ring (bicyclic) bond motifs is 1. The van der Waals surface area contributed by atoms with E-state index in [0.717, 1.165) is 16.9 Å². The Morgan fingerprint density at radius 1 is 1.24 bits per heavy atom. The van der Waals surface area contributed by atoms with Crippen LogP contribution >= 0.6 is 11.3 Å². The molecule has 4 rings (SSSR count). The molecule has 202 valence electrons. The van der Waals surface area contributed by atoms with Gasteiger partial charge in [0, 0.05) is 30.7 Å². The topological polar surface area (TPSA) is 96.3 Å². The molecule has 7 nitrogen and oxygen atoms in total. The molecular formula is C28H31F2N3O4S. The molecule has 4 aromatic rings. The summed E-state index contributed by atoms with van der Waals surface area (Å²) in [5, 5.41) is 13.9. The summed E-state index contributed by atoms with van der Waals surface area (Å²) in [7, 11) is 1.56. The van der Waals surface area contributed by atoms with Crippen molar-refractivity contribution in [2.75, 3.05) is 6.54 Å². The smallest absolute Gasteiger partial charge is 0.274 e. The van der Waals surface area contributed by atoms with E-state index in [-0.39, 0.29) is 39.1 Å². The van der Waals surface area contributed by atoms with Crippen LogP contribution in [0.2, 0.25) is 0 Å². The number of nitrogens with one attached hydrogen (secondary N) is 2. The van der Waals surface area contributed by atoms with Crippen LogP contribution in [0.5, 0.6) is 5.75 Å². The normalized spacial score (nSPS) is 12.7. The molecule has 0 fully saturated rings. The molecule has 0 spiro atoms. The number of nitrogens with zero attached hydrogens (tertiary/aromatic N) is 1. The number of rotatable bonds is 7. The Balaban J connectivity index is 1.96. The Labute approximate surface area is 223 Å². The third-order valence-corrected chi connectivity index (χ3v) is 7.91. The first-order chi connectivity index (χ1) is 17.7. The molecule has 1 unspecified atom stereocenters. The van der Waals surface area contributed by atoms with Crippen LogP contribution in [0, 0.1) is 25.5 Å². The second kappa shape index (κ2) is 9.99. The maximum absolute atomic E-state index is 16.0. The Kier molecular flexibility index (Phi) is 7.24. The number of halogens is 2. The standard InChI is InChI=1S/C28H31F2N3O4S/c1-8-31-26(34)19-11-17-18(12-33(7)27(35)22(17)32-19)24-23(21(30)25(38-24)28(5,6)36)37-15(4)20-13(2)9-16(29)10-14(20)3/h9-12,15,32,36H,8H2,1-7H3,(H,31,34). The molecule has 0 bridgehead atoms. The zero-order valence-corrected chi connectivity index (χ0v) is 23.2. The average molecular weight is 544 g/mol. The molecule has 3 N–H and O–H groups in total. The third kappa shape index (κ3) is 4.86. The number of aliphatic hydroxyl groups is 1. The van der Waals surface area contributed by atoms with E-state index in [2.05, 4.69) is 10.3 Å². The van der Waals surface area contributed by atoms with Crippen molar-refractivity contribution in [3.05, 3.63) is 73.6 Å². The van der Waals surface area contributed by atoms with Crippen LogP contribution in [0.15, 0.2) is 29.2 Å². The van der Waals surface area contributed by atoms with Gasteiger partial charge in [-0.15, -0.1) is 11.3 Å². The zero-order valence-electron chi connectivity index (χ0n) is 22.4. The molecule has 0 aliphatic heterocycles. The van der Waals surface area contributed by atoms with Crippen LogP contribution in [-0.4, -0.2) is 27.1 Å². The maximum atomic E-state index is 16.0. The van der Waals surface area contributed by atoms with E-state index in [4.69, 9.17) is 4.74 Å². The minimum atomic E-state index is -1.51. The van der Waals surface area contributed by atoms with E-state index >= 15 is 4.39 Å². The lowest BCUT2D eigenvalue weighted by Gasteiger charge is -2.20. The van der Waals surface area contributed by atoms with E-state index in [9.17, 15) is 19.1 Å². The number of thiophene rings is 1. The van der Waals surface area contributed by atoms with Gasteiger partial charge < -0.3 is 24.7 Å². The van der Waals surface area contributed by atoms with Crippen LogP contribution in [0.4, 0.5) is 8.78 Å². The highest BCUT2D eigenvalue weighted by Gasteiger charge is 2.32. The molecule has 0 aliphatic carbocycles. The van der Waals surface area contributed by atoms with Gasteiger partial charge in [0.1, 0.15) is 23.1 Å². The number of aromatic nitrogens is 2. The Morgan fingerprint density at radius 3 is 2.45 bits per heavy atom. The average Bonchev–Trinajstić information content (AvgIpc) is 3.38. The van der Waals surface area contributed by atoms with Gasteiger partial charge in [0.2, 0.25) is 0 Å². The predicted octanol–water partition coefficient (Wildman–Crippen LogP) is 5.61. The van der Waals surface area contributed by atoms with Crippen molar-refractivity contribution in [2.24, 2.45) is 7.05 Å². The number of hydrogen-bond donors (Lipinski definition) is 3. The SMILES string of the molecule is CCNC(=O)c1cc2c(-c3sc(C(C)(C)O)c(F)c3OC(C)c3c(C)cc(F)cc3C)cn(C)c(=O)c2[nH]1. The molecule has 1 amide bonds. The summed E-state index contributed by atoms with van der Waals surface area (Å²) in [4.78, 5) is 28.7. The minimum Gasteiger partial charge on any atom is -0.481 e. The van der Waals surface area contributed by atoms with Gasteiger partial charge in [0.15, 0.2) is 11.6 Å². The largest absolute Gasteiger partial charge is 0.481 e. The molecule has 0 aliphatic rings. The van der Waals surface area contributed by atoms with Gasteiger partial charge in [-0.3, -0.25) is 9.59 Å². The molecule has 0 radical (unpaired) electrons. The highest BCUT2D eigenvalue weighted by atomic mass is 32.1. The van der Waals surface area contributed by atoms with Gasteiger partial charge in [0.25, 0.3) is 11.5 Å². The molecular weight excluding hydrogens is 512 g/mol. The first kappa shape index (κ1) is 27.5. The summed E-state index contributed by atoms with van der Waals surface area (Å²) in [5.41, 5.74) is 1.02. The Bertz CT molecular complexity index is 1590. The Hall–Kier alpha value is -3.50. The number of carbonyl (C=O) groups is 1. The summed E-state index contributed by atoms with van der Waals surface area (Å²) in [6.45, 7) is 10.4. The van der Waals surface area contributed by atoms with Crippen LogP contribution < -0.4 is 15.6 Å². The quantitative estimate of drug-likeness (QED) is 0.282. The molecule has 3 heterocycles. The van der Waals surface area contributed by atoms with Crippen molar-refractivity contribution in [3.8, 4) is 16.2 Å². The predicted molar refractivity (Wildman–Crippen MR) is 145 cm³/mol. The highest BCUT2D eigenvalue weighted by Crippen LogP contribution is 2.48. The fourth-order valence-corrected chi connectivity index (χ4v) is 5.90. The number of hydrogen-bond acceptors (Lipinski definition) is 5. The summed E-state index contributed by atoms with van der Waals surface area (Å²) in [6, 6.07) is 4.35. The highest BCUT2D eigenvalue weighted by molar-refractivity contribution is 7.16. The fraction of sp³-hybridized carbons (Fsp3) is 0.357. The fourth-order valence-electron chi connectivity index (χ4n) is 4.76. The first-order valence-corrected chi connectivity index (χ1v) is 13.1. The second-order valence-electron chi connectivity index (χ2n) is 9.97. The number of aryl methyl sites for hydroxylation is 3. The lowest BCUT2D eigenvalue weighted by molar-refractivity contribution is 0.0779. The monoisotopic (exact) mass is 543 g/mol. The number of ether oxygens (including phenoxy) is 1. The van der Waals surface area contributed by atoms with Gasteiger partial charge in [0.05, 0.1) is 15.4 Å². The van der Waals surface area contributed by atoms with E-state index in [1.165, 1.54) is 30.5 Å². The lowest BCUT2D eigenvalue weighted by Crippen LogP contribution is -2.23. The van der Waals surface area contributed by atoms with E-state index in [1.807, 2.05) is 0 Å². The van der Waals surface area contributed by atoms with Gasteiger partial charge in [-0.2, -0.15) is 0 Å². The number of H-pyrrole nitrogens is 1. The van der Waals surface area contributed by atoms with Crippen LogP contribution in [0.3, 0.4) is 0 Å². The van der Waals surface area contributed by atoms with E-state index in [1.54, 1.807) is 47.0 Å². The van der Waals surface area contributed by atoms with Crippen molar-refractivity contribution >= 4 is 28.1 Å². The van der Waals surface area contributed by atoms with Gasteiger partial charge in [-0.1, -0.05) is 0 Å². The first-order valence-electron chi connectivity index (χ1n) is 12.2. The van der Waals surface area contributed by atoms with Crippen molar-refractivity contribution in [2.45, 2.75) is 53.2 Å². The van der Waals surface area contributed by atoms with Crippen molar-refractivity contribution in [3.63, 3.8) is 0 Å². The van der Waals surface area contributed by atoms with Crippen LogP contribution in [0.25, 0.3) is 21.3 Å². The van der Waals surface area contributed by atoms with Gasteiger partial charge in [-0.25, -0.2) is 8.78 Å². The maximum Gasteiger partial charge on any atom is 0.274 e. The molecule has 1 atom stereocenters. The molecule has 3 aromatic heterocycles. The molecule has 10 heteroatoms. The molecule has 1 aromatic carbocycles. The summed E-state index contributed by atoms with van der Waals surface area (Å²) < 4.78 is 37.5. The van der Waals surface area contributed by atoms with Crippen molar-refractivity contribution in [1.82, 2.24) is 14.9 Å². The molecule has 38 heavy (non-hydrogen) atoms. The van der Waals surface area contributed by atoms with Crippen LogP contribution in [0.1, 0.15) is 65.9 Å². The van der Waals surface area contributed by atoms with Crippen LogP contribution in [-0.2, 0) is 12.6 Å². The number of benzene rings is 1. The van der Waals surface area contributed by atoms with Crippen molar-refractivity contribution in [1.29, 1.82) is 0 Å². The van der Waals surface area contributed by atoms with Gasteiger partial charge in [-0.05, 0) is 76.4 Å². The number of pyridine rings is 1. The molecule has 0 saturated carbocycles.